The molecular weight excluding hydrogens is 556 g/mol. The molecule has 4 aromatic rings. The molecule has 0 bridgehead atoms. The van der Waals surface area contributed by atoms with E-state index in [1.54, 1.807) is 0 Å². The predicted octanol–water partition coefficient (Wildman–Crippen LogP) is 5.64. The van der Waals surface area contributed by atoms with Gasteiger partial charge in [0, 0.05) is 60.7 Å². The number of benzene rings is 2. The van der Waals surface area contributed by atoms with E-state index in [4.69, 9.17) is 17.0 Å². The summed E-state index contributed by atoms with van der Waals surface area (Å²) in [4.78, 5) is 22.3. The van der Waals surface area contributed by atoms with Crippen molar-refractivity contribution >= 4 is 34.6 Å². The molecule has 2 N–H and O–H groups in total. The molecule has 0 unspecified atom stereocenters. The van der Waals surface area contributed by atoms with Crippen LogP contribution in [0.15, 0.2) is 79.0 Å². The first kappa shape index (κ1) is 28.9. The molecule has 1 amide bonds. The fraction of sp³-hybridized carbons (Fsp3) is 0.324. The first-order chi connectivity index (χ1) is 20.9. The third kappa shape index (κ3) is 6.00. The zero-order valence-corrected chi connectivity index (χ0v) is 25.7. The molecule has 0 spiro atoms. The Bertz CT molecular complexity index is 1600. The number of aromatic nitrogens is 2. The number of para-hydroxylation sites is 1. The third-order valence-corrected chi connectivity index (χ3v) is 8.82. The molecule has 9 heteroatoms. The molecule has 2 aromatic heterocycles. The third-order valence-electron chi connectivity index (χ3n) is 8.47. The molecule has 0 aliphatic carbocycles. The van der Waals surface area contributed by atoms with Gasteiger partial charge in [0.2, 0.25) is 5.91 Å². The Labute approximate surface area is 258 Å². The molecule has 0 saturated carbocycles. The van der Waals surface area contributed by atoms with Crippen LogP contribution in [0.2, 0.25) is 0 Å². The van der Waals surface area contributed by atoms with E-state index in [-0.39, 0.29) is 18.0 Å². The number of anilines is 2. The first-order valence-electron chi connectivity index (χ1n) is 14.9. The van der Waals surface area contributed by atoms with Gasteiger partial charge in [-0.25, -0.2) is 0 Å². The summed E-state index contributed by atoms with van der Waals surface area (Å²) in [6.07, 6.45) is 2.12. The van der Waals surface area contributed by atoms with Crippen molar-refractivity contribution in [3.63, 3.8) is 0 Å². The number of morpholine rings is 1. The standard InChI is InChI=1S/C34H38N6O2S/c1-23-8-4-5-9-29(23)36-31(41)15-17-39-33(32(37-34(39)43)30-10-6-7-16-35-30)28-22-24(2)40(25(28)3)27-13-11-26(12-14-27)38-18-20-42-21-19-38/h4-14,16,22,32-33H,15,17-21H2,1-3H3,(H,36,41)(H,37,43)/t32-,33-/m1/s1. The van der Waals surface area contributed by atoms with Gasteiger partial charge in [-0.2, -0.15) is 0 Å². The number of pyridine rings is 1. The van der Waals surface area contributed by atoms with Crippen molar-refractivity contribution in [1.82, 2.24) is 19.8 Å². The van der Waals surface area contributed by atoms with Crippen LogP contribution in [0, 0.1) is 20.8 Å². The normalized spacial score (nSPS) is 18.5. The SMILES string of the molecule is Cc1ccccc1NC(=O)CCN1C(=S)N[C@H](c2ccccn2)[C@H]1c1cc(C)n(-c2ccc(N3CCOCC3)cc2)c1C. The number of carbonyl (C=O) groups is 1. The van der Waals surface area contributed by atoms with Gasteiger partial charge in [-0.15, -0.1) is 0 Å². The van der Waals surface area contributed by atoms with Crippen LogP contribution in [0.1, 0.15) is 46.7 Å². The Hall–Kier alpha value is -4.21. The van der Waals surface area contributed by atoms with Crippen molar-refractivity contribution in [3.05, 3.63) is 107 Å². The summed E-state index contributed by atoms with van der Waals surface area (Å²) in [6.45, 7) is 10.1. The van der Waals surface area contributed by atoms with E-state index in [0.717, 1.165) is 65.9 Å². The van der Waals surface area contributed by atoms with Crippen LogP contribution in [-0.2, 0) is 9.53 Å². The summed E-state index contributed by atoms with van der Waals surface area (Å²) in [7, 11) is 0. The number of carbonyl (C=O) groups excluding carboxylic acids is 1. The molecule has 2 atom stereocenters. The topological polar surface area (TPSA) is 74.7 Å². The maximum atomic E-state index is 13.0. The lowest BCUT2D eigenvalue weighted by Gasteiger charge is -2.29. The van der Waals surface area contributed by atoms with Gasteiger partial charge in [-0.1, -0.05) is 24.3 Å². The van der Waals surface area contributed by atoms with E-state index in [1.165, 1.54) is 5.69 Å². The Morgan fingerprint density at radius 3 is 2.44 bits per heavy atom. The van der Waals surface area contributed by atoms with Crippen LogP contribution >= 0.6 is 12.2 Å². The quantitative estimate of drug-likeness (QED) is 0.256. The average Bonchev–Trinajstić information content (AvgIpc) is 3.52. The highest BCUT2D eigenvalue weighted by Gasteiger charge is 2.41. The van der Waals surface area contributed by atoms with E-state index in [9.17, 15) is 4.79 Å². The molecule has 0 radical (unpaired) electrons. The summed E-state index contributed by atoms with van der Waals surface area (Å²) in [6, 6.07) is 24.5. The van der Waals surface area contributed by atoms with E-state index in [2.05, 4.69) is 74.2 Å². The van der Waals surface area contributed by atoms with Gasteiger partial charge in [0.05, 0.1) is 31.0 Å². The first-order valence-corrected chi connectivity index (χ1v) is 15.3. The van der Waals surface area contributed by atoms with Gasteiger partial charge in [0.25, 0.3) is 0 Å². The Balaban J connectivity index is 1.29. The lowest BCUT2D eigenvalue weighted by molar-refractivity contribution is -0.116. The minimum Gasteiger partial charge on any atom is -0.378 e. The van der Waals surface area contributed by atoms with Crippen LogP contribution in [-0.4, -0.2) is 58.3 Å². The monoisotopic (exact) mass is 594 g/mol. The second-order valence-corrected chi connectivity index (χ2v) is 11.6. The second-order valence-electron chi connectivity index (χ2n) is 11.2. The summed E-state index contributed by atoms with van der Waals surface area (Å²) in [5.74, 6) is -0.0389. The number of ether oxygens (including phenoxy) is 1. The lowest BCUT2D eigenvalue weighted by atomic mass is 9.96. The van der Waals surface area contributed by atoms with Gasteiger partial charge in [-0.05, 0) is 92.6 Å². The number of nitrogens with one attached hydrogen (secondary N) is 2. The molecule has 6 rings (SSSR count). The number of nitrogens with zero attached hydrogens (tertiary/aromatic N) is 4. The fourth-order valence-corrected chi connectivity index (χ4v) is 6.58. The van der Waals surface area contributed by atoms with E-state index in [1.807, 2.05) is 55.6 Å². The molecule has 2 aliphatic rings. The molecule has 2 aliphatic heterocycles. The maximum absolute atomic E-state index is 13.0. The number of hydrogen-bond donors (Lipinski definition) is 2. The summed E-state index contributed by atoms with van der Waals surface area (Å²) in [5, 5.41) is 7.22. The summed E-state index contributed by atoms with van der Waals surface area (Å²) in [5.41, 5.74) is 8.56. The van der Waals surface area contributed by atoms with Crippen molar-refractivity contribution in [1.29, 1.82) is 0 Å². The summed E-state index contributed by atoms with van der Waals surface area (Å²) >= 11 is 5.88. The smallest absolute Gasteiger partial charge is 0.226 e. The van der Waals surface area contributed by atoms with Crippen LogP contribution in [0.3, 0.4) is 0 Å². The molecule has 222 valence electrons. The highest BCUT2D eigenvalue weighted by Crippen LogP contribution is 2.41. The lowest BCUT2D eigenvalue weighted by Crippen LogP contribution is -2.36. The summed E-state index contributed by atoms with van der Waals surface area (Å²) < 4.78 is 7.83. The molecule has 8 nitrogen and oxygen atoms in total. The largest absolute Gasteiger partial charge is 0.378 e. The molecule has 2 aromatic carbocycles. The Morgan fingerprint density at radius 1 is 1.00 bits per heavy atom. The van der Waals surface area contributed by atoms with Crippen molar-refractivity contribution < 1.29 is 9.53 Å². The molecule has 4 heterocycles. The van der Waals surface area contributed by atoms with Gasteiger partial charge in [0.1, 0.15) is 0 Å². The molecule has 2 saturated heterocycles. The Kier molecular flexibility index (Phi) is 8.44. The van der Waals surface area contributed by atoms with Gasteiger partial charge < -0.3 is 29.7 Å². The van der Waals surface area contributed by atoms with Crippen LogP contribution in [0.5, 0.6) is 0 Å². The van der Waals surface area contributed by atoms with E-state index >= 15 is 0 Å². The zero-order chi connectivity index (χ0) is 29.9. The number of amides is 1. The fourth-order valence-electron chi connectivity index (χ4n) is 6.25. The number of aryl methyl sites for hydroxylation is 2. The van der Waals surface area contributed by atoms with Crippen molar-refractivity contribution in [3.8, 4) is 5.69 Å². The number of thiocarbonyl (C=S) groups is 1. The predicted molar refractivity (Wildman–Crippen MR) is 175 cm³/mol. The number of hydrogen-bond acceptors (Lipinski definition) is 5. The highest BCUT2D eigenvalue weighted by molar-refractivity contribution is 7.80. The molecular formula is C34H38N6O2S. The van der Waals surface area contributed by atoms with Gasteiger partial charge in [-0.3, -0.25) is 9.78 Å². The number of rotatable bonds is 8. The van der Waals surface area contributed by atoms with Crippen molar-refractivity contribution in [2.75, 3.05) is 43.1 Å². The van der Waals surface area contributed by atoms with Crippen LogP contribution < -0.4 is 15.5 Å². The minimum absolute atomic E-state index is 0.0389. The second kappa shape index (κ2) is 12.6. The van der Waals surface area contributed by atoms with Crippen molar-refractivity contribution in [2.45, 2.75) is 39.3 Å². The van der Waals surface area contributed by atoms with Gasteiger partial charge >= 0.3 is 0 Å². The highest BCUT2D eigenvalue weighted by atomic mass is 32.1. The minimum atomic E-state index is -0.147. The van der Waals surface area contributed by atoms with E-state index in [0.29, 0.717) is 18.1 Å². The van der Waals surface area contributed by atoms with Crippen LogP contribution in [0.4, 0.5) is 11.4 Å². The zero-order valence-electron chi connectivity index (χ0n) is 24.9. The molecule has 43 heavy (non-hydrogen) atoms. The maximum Gasteiger partial charge on any atom is 0.226 e. The van der Waals surface area contributed by atoms with Crippen molar-refractivity contribution in [2.24, 2.45) is 0 Å². The van der Waals surface area contributed by atoms with E-state index < -0.39 is 0 Å². The van der Waals surface area contributed by atoms with Crippen LogP contribution in [0.25, 0.3) is 5.69 Å². The van der Waals surface area contributed by atoms with Gasteiger partial charge in [0.15, 0.2) is 5.11 Å². The molecule has 2 fully saturated rings. The Morgan fingerprint density at radius 2 is 1.72 bits per heavy atom. The average molecular weight is 595 g/mol.